The quantitative estimate of drug-likeness (QED) is 0.763. The maximum absolute atomic E-state index is 12.9. The zero-order chi connectivity index (χ0) is 19.0. The van der Waals surface area contributed by atoms with Crippen LogP contribution in [-0.2, 0) is 6.42 Å². The normalized spacial score (nSPS) is 15.5. The highest BCUT2D eigenvalue weighted by Gasteiger charge is 2.28. The highest BCUT2D eigenvalue weighted by molar-refractivity contribution is 6.04. The molecule has 1 aromatic heterocycles. The SMILES string of the molecule is CC1Cc2ccccc2N1c1cccc(C(=O)N(C)c2ccc(O)cc2)n1. The van der Waals surface area contributed by atoms with E-state index in [1.54, 1.807) is 37.4 Å². The van der Waals surface area contributed by atoms with Gasteiger partial charge in [0.15, 0.2) is 0 Å². The van der Waals surface area contributed by atoms with E-state index in [-0.39, 0.29) is 17.7 Å². The summed E-state index contributed by atoms with van der Waals surface area (Å²) in [5, 5.41) is 9.44. The van der Waals surface area contributed by atoms with E-state index in [0.29, 0.717) is 11.4 Å². The summed E-state index contributed by atoms with van der Waals surface area (Å²) in [5.74, 6) is 0.751. The second kappa shape index (κ2) is 6.76. The second-order valence-corrected chi connectivity index (χ2v) is 6.81. The van der Waals surface area contributed by atoms with Gasteiger partial charge in [0.2, 0.25) is 0 Å². The van der Waals surface area contributed by atoms with Crippen LogP contribution in [0.3, 0.4) is 0 Å². The van der Waals surface area contributed by atoms with Gasteiger partial charge in [-0.1, -0.05) is 24.3 Å². The molecule has 27 heavy (non-hydrogen) atoms. The lowest BCUT2D eigenvalue weighted by Gasteiger charge is -2.24. The van der Waals surface area contributed by atoms with Gasteiger partial charge in [-0.3, -0.25) is 4.79 Å². The van der Waals surface area contributed by atoms with Crippen molar-refractivity contribution >= 4 is 23.1 Å². The monoisotopic (exact) mass is 359 g/mol. The maximum Gasteiger partial charge on any atom is 0.276 e. The van der Waals surface area contributed by atoms with Crippen LogP contribution in [0.1, 0.15) is 23.0 Å². The summed E-state index contributed by atoms with van der Waals surface area (Å²) in [6, 6.07) is 20.7. The van der Waals surface area contributed by atoms with Gasteiger partial charge < -0.3 is 14.9 Å². The van der Waals surface area contributed by atoms with Crippen LogP contribution in [0.5, 0.6) is 5.75 Å². The molecule has 0 saturated carbocycles. The van der Waals surface area contributed by atoms with Gasteiger partial charge in [0, 0.05) is 24.5 Å². The molecule has 5 nitrogen and oxygen atoms in total. The smallest absolute Gasteiger partial charge is 0.276 e. The first kappa shape index (κ1) is 17.1. The Labute approximate surface area is 158 Å². The standard InChI is InChI=1S/C22H21N3O2/c1-15-14-16-6-3-4-8-20(16)25(15)21-9-5-7-19(23-21)22(27)24(2)17-10-12-18(26)13-11-17/h3-13,15,26H,14H2,1-2H3. The number of benzene rings is 2. The van der Waals surface area contributed by atoms with Gasteiger partial charge in [0.05, 0.1) is 0 Å². The number of anilines is 3. The van der Waals surface area contributed by atoms with Crippen molar-refractivity contribution in [2.45, 2.75) is 19.4 Å². The third-order valence-corrected chi connectivity index (χ3v) is 4.95. The van der Waals surface area contributed by atoms with Crippen molar-refractivity contribution in [3.63, 3.8) is 0 Å². The maximum atomic E-state index is 12.9. The second-order valence-electron chi connectivity index (χ2n) is 6.81. The number of hydrogen-bond acceptors (Lipinski definition) is 4. The molecule has 1 aliphatic heterocycles. The first-order valence-electron chi connectivity index (χ1n) is 8.96. The number of amides is 1. The first-order chi connectivity index (χ1) is 13.0. The van der Waals surface area contributed by atoms with Crippen LogP contribution in [0.25, 0.3) is 0 Å². The fourth-order valence-corrected chi connectivity index (χ4v) is 3.56. The van der Waals surface area contributed by atoms with Crippen LogP contribution in [0.2, 0.25) is 0 Å². The first-order valence-corrected chi connectivity index (χ1v) is 8.96. The Kier molecular flexibility index (Phi) is 4.28. The van der Waals surface area contributed by atoms with Crippen molar-refractivity contribution in [1.29, 1.82) is 0 Å². The third-order valence-electron chi connectivity index (χ3n) is 4.95. The molecule has 1 N–H and O–H groups in total. The number of para-hydroxylation sites is 1. The van der Waals surface area contributed by atoms with E-state index in [0.717, 1.165) is 17.9 Å². The Bertz CT molecular complexity index is 985. The summed E-state index contributed by atoms with van der Waals surface area (Å²) >= 11 is 0. The van der Waals surface area contributed by atoms with Crippen LogP contribution in [0.4, 0.5) is 17.2 Å². The molecule has 0 spiro atoms. The predicted octanol–water partition coefficient (Wildman–Crippen LogP) is 4.15. The fourth-order valence-electron chi connectivity index (χ4n) is 3.56. The summed E-state index contributed by atoms with van der Waals surface area (Å²) < 4.78 is 0. The number of rotatable bonds is 3. The highest BCUT2D eigenvalue weighted by Crippen LogP contribution is 2.37. The molecule has 1 unspecified atom stereocenters. The van der Waals surface area contributed by atoms with E-state index in [2.05, 4.69) is 35.0 Å². The highest BCUT2D eigenvalue weighted by atomic mass is 16.3. The van der Waals surface area contributed by atoms with E-state index >= 15 is 0 Å². The molecule has 1 amide bonds. The van der Waals surface area contributed by atoms with Crippen molar-refractivity contribution in [3.8, 4) is 5.75 Å². The van der Waals surface area contributed by atoms with Crippen LogP contribution in [-0.4, -0.2) is 29.1 Å². The molecule has 2 aromatic carbocycles. The molecule has 4 rings (SSSR count). The molecule has 1 atom stereocenters. The van der Waals surface area contributed by atoms with Crippen LogP contribution in [0, 0.1) is 0 Å². The lowest BCUT2D eigenvalue weighted by atomic mass is 10.1. The number of aromatic nitrogens is 1. The minimum absolute atomic E-state index is 0.168. The molecule has 136 valence electrons. The number of aromatic hydroxyl groups is 1. The molecule has 0 radical (unpaired) electrons. The zero-order valence-electron chi connectivity index (χ0n) is 15.3. The van der Waals surface area contributed by atoms with Crippen molar-refractivity contribution in [2.75, 3.05) is 16.8 Å². The summed E-state index contributed by atoms with van der Waals surface area (Å²) in [5.41, 5.74) is 3.53. The molecule has 0 saturated heterocycles. The Morgan fingerprint density at radius 3 is 2.59 bits per heavy atom. The van der Waals surface area contributed by atoms with E-state index in [9.17, 15) is 9.90 Å². The number of phenolic OH excluding ortho intramolecular Hbond substituents is 1. The Hall–Kier alpha value is -3.34. The molecule has 0 fully saturated rings. The van der Waals surface area contributed by atoms with E-state index < -0.39 is 0 Å². The van der Waals surface area contributed by atoms with E-state index in [1.807, 2.05) is 18.2 Å². The van der Waals surface area contributed by atoms with Gasteiger partial charge in [0.1, 0.15) is 17.3 Å². The Balaban J connectivity index is 1.65. The molecule has 5 heteroatoms. The molecular formula is C22H21N3O2. The van der Waals surface area contributed by atoms with Gasteiger partial charge in [-0.15, -0.1) is 0 Å². The van der Waals surface area contributed by atoms with Gasteiger partial charge >= 0.3 is 0 Å². The minimum Gasteiger partial charge on any atom is -0.508 e. The lowest BCUT2D eigenvalue weighted by Crippen LogP contribution is -2.29. The van der Waals surface area contributed by atoms with Gasteiger partial charge in [0.25, 0.3) is 5.91 Å². The summed E-state index contributed by atoms with van der Waals surface area (Å²) in [6.07, 6.45) is 0.962. The molecule has 2 heterocycles. The van der Waals surface area contributed by atoms with E-state index in [1.165, 1.54) is 10.5 Å². The van der Waals surface area contributed by atoms with Crippen molar-refractivity contribution < 1.29 is 9.90 Å². The summed E-state index contributed by atoms with van der Waals surface area (Å²) in [6.45, 7) is 2.17. The fraction of sp³-hybridized carbons (Fsp3) is 0.182. The number of carbonyl (C=O) groups excluding carboxylic acids is 1. The number of pyridine rings is 1. The van der Waals surface area contributed by atoms with Gasteiger partial charge in [-0.05, 0) is 61.4 Å². The van der Waals surface area contributed by atoms with Crippen LogP contribution < -0.4 is 9.80 Å². The third kappa shape index (κ3) is 3.12. The number of nitrogens with zero attached hydrogens (tertiary/aromatic N) is 3. The van der Waals surface area contributed by atoms with Crippen molar-refractivity contribution in [2.24, 2.45) is 0 Å². The largest absolute Gasteiger partial charge is 0.508 e. The van der Waals surface area contributed by atoms with Crippen molar-refractivity contribution in [3.05, 3.63) is 78.0 Å². The Morgan fingerprint density at radius 2 is 1.81 bits per heavy atom. The summed E-state index contributed by atoms with van der Waals surface area (Å²) in [4.78, 5) is 21.3. The number of hydrogen-bond donors (Lipinski definition) is 1. The topological polar surface area (TPSA) is 56.7 Å². The van der Waals surface area contributed by atoms with Crippen LogP contribution in [0.15, 0.2) is 66.7 Å². The number of carbonyl (C=O) groups is 1. The predicted molar refractivity (Wildman–Crippen MR) is 107 cm³/mol. The molecular weight excluding hydrogens is 338 g/mol. The molecule has 0 aliphatic carbocycles. The Morgan fingerprint density at radius 1 is 1.07 bits per heavy atom. The average molecular weight is 359 g/mol. The zero-order valence-corrected chi connectivity index (χ0v) is 15.3. The minimum atomic E-state index is -0.192. The van der Waals surface area contributed by atoms with Crippen LogP contribution >= 0.6 is 0 Å². The van der Waals surface area contributed by atoms with Gasteiger partial charge in [-0.25, -0.2) is 4.98 Å². The molecule has 1 aliphatic rings. The number of phenols is 1. The number of fused-ring (bicyclic) bond motifs is 1. The summed E-state index contributed by atoms with van der Waals surface area (Å²) in [7, 11) is 1.71. The van der Waals surface area contributed by atoms with Gasteiger partial charge in [-0.2, -0.15) is 0 Å². The van der Waals surface area contributed by atoms with Crippen molar-refractivity contribution in [1.82, 2.24) is 4.98 Å². The molecule has 3 aromatic rings. The average Bonchev–Trinajstić information content (AvgIpc) is 3.03. The van der Waals surface area contributed by atoms with E-state index in [4.69, 9.17) is 0 Å². The lowest BCUT2D eigenvalue weighted by molar-refractivity contribution is 0.0988. The molecule has 0 bridgehead atoms.